The minimum absolute atomic E-state index is 0.00123. The molecule has 0 aliphatic rings. The van der Waals surface area contributed by atoms with Crippen molar-refractivity contribution in [2.45, 2.75) is 0 Å². The second kappa shape index (κ2) is 6.18. The third-order valence-corrected chi connectivity index (χ3v) is 2.91. The number of carbonyl (C=O) groups is 1. The molecule has 0 heterocycles. The number of allylic oxidation sites excluding steroid dienone is 1. The maximum atomic E-state index is 11.3. The van der Waals surface area contributed by atoms with E-state index in [1.807, 2.05) is 0 Å². The molecule has 4 nitrogen and oxygen atoms in total. The van der Waals surface area contributed by atoms with Crippen LogP contribution in [0.5, 0.6) is 0 Å². The highest BCUT2D eigenvalue weighted by Gasteiger charge is 2.10. The topological polar surface area (TPSA) is 84.9 Å². The molecule has 2 aromatic carbocycles. The Morgan fingerprint density at radius 1 is 1.05 bits per heavy atom. The van der Waals surface area contributed by atoms with Crippen LogP contribution in [-0.2, 0) is 0 Å². The van der Waals surface area contributed by atoms with Crippen molar-refractivity contribution < 1.29 is 9.90 Å². The highest BCUT2D eigenvalue weighted by Crippen LogP contribution is 2.25. The van der Waals surface area contributed by atoms with E-state index in [0.717, 1.165) is 5.56 Å². The molecular weight excluding hydrogens is 264 g/mol. The number of carboxylic acids is 1. The first-order chi connectivity index (χ1) is 10.2. The van der Waals surface area contributed by atoms with Crippen molar-refractivity contribution in [2.24, 2.45) is 0 Å². The molecule has 0 amide bonds. The number of nitrogens with zero attached hydrogens (tertiary/aromatic N) is 2. The van der Waals surface area contributed by atoms with Crippen LogP contribution >= 0.6 is 0 Å². The molecule has 1 N–H and O–H groups in total. The van der Waals surface area contributed by atoms with Gasteiger partial charge >= 0.3 is 5.97 Å². The summed E-state index contributed by atoms with van der Waals surface area (Å²) in [5.41, 5.74) is 2.19. The van der Waals surface area contributed by atoms with E-state index in [1.54, 1.807) is 54.6 Å². The minimum Gasteiger partial charge on any atom is -0.478 e. The van der Waals surface area contributed by atoms with Gasteiger partial charge in [-0.1, -0.05) is 36.4 Å². The Kier molecular flexibility index (Phi) is 4.14. The van der Waals surface area contributed by atoms with Crippen molar-refractivity contribution in [3.8, 4) is 23.3 Å². The maximum absolute atomic E-state index is 11.3. The summed E-state index contributed by atoms with van der Waals surface area (Å²) in [5.74, 6) is -0.999. The van der Waals surface area contributed by atoms with Gasteiger partial charge in [-0.2, -0.15) is 10.5 Å². The van der Waals surface area contributed by atoms with Gasteiger partial charge in [0, 0.05) is 0 Å². The van der Waals surface area contributed by atoms with Gasteiger partial charge in [0.05, 0.1) is 5.56 Å². The van der Waals surface area contributed by atoms with Crippen LogP contribution in [0.1, 0.15) is 15.9 Å². The van der Waals surface area contributed by atoms with Gasteiger partial charge in [0.2, 0.25) is 0 Å². The summed E-state index contributed by atoms with van der Waals surface area (Å²) < 4.78 is 0. The van der Waals surface area contributed by atoms with Crippen LogP contribution in [0.2, 0.25) is 0 Å². The molecule has 21 heavy (non-hydrogen) atoms. The van der Waals surface area contributed by atoms with E-state index < -0.39 is 5.97 Å². The predicted octanol–water partition coefficient (Wildman–Crippen LogP) is 3.48. The lowest BCUT2D eigenvalue weighted by molar-refractivity contribution is 0.0697. The van der Waals surface area contributed by atoms with E-state index in [4.69, 9.17) is 10.5 Å². The number of hydrogen-bond acceptors (Lipinski definition) is 3. The number of benzene rings is 2. The van der Waals surface area contributed by atoms with E-state index in [9.17, 15) is 9.90 Å². The summed E-state index contributed by atoms with van der Waals surface area (Å²) in [7, 11) is 0. The van der Waals surface area contributed by atoms with E-state index in [-0.39, 0.29) is 11.1 Å². The molecule has 100 valence electrons. The summed E-state index contributed by atoms with van der Waals surface area (Å²) in [6.07, 6.45) is 1.47. The second-order valence-corrected chi connectivity index (χ2v) is 4.26. The van der Waals surface area contributed by atoms with E-state index in [2.05, 4.69) is 0 Å². The average Bonchev–Trinajstić information content (AvgIpc) is 2.52. The molecule has 0 radical (unpaired) electrons. The van der Waals surface area contributed by atoms with Crippen molar-refractivity contribution >= 4 is 12.0 Å². The Morgan fingerprint density at radius 3 is 2.43 bits per heavy atom. The number of aromatic carboxylic acids is 1. The van der Waals surface area contributed by atoms with Gasteiger partial charge in [0.25, 0.3) is 0 Å². The molecule has 4 heteroatoms. The molecule has 0 aliphatic heterocycles. The summed E-state index contributed by atoms with van der Waals surface area (Å²) in [6, 6.07) is 17.3. The molecule has 0 aromatic heterocycles. The predicted molar refractivity (Wildman–Crippen MR) is 78.0 cm³/mol. The van der Waals surface area contributed by atoms with Gasteiger partial charge in [0.15, 0.2) is 0 Å². The van der Waals surface area contributed by atoms with Gasteiger partial charge in [0.1, 0.15) is 17.7 Å². The molecule has 0 unspecified atom stereocenters. The fourth-order valence-electron chi connectivity index (χ4n) is 1.97. The molecular formula is C17H10N2O2. The van der Waals surface area contributed by atoms with Gasteiger partial charge in [-0.3, -0.25) is 0 Å². The number of carboxylic acid groups (broad SMARTS) is 1. The lowest BCUT2D eigenvalue weighted by atomic mass is 9.97. The van der Waals surface area contributed by atoms with Crippen LogP contribution in [0, 0.1) is 22.7 Å². The standard InChI is InChI=1S/C17H10N2O2/c18-10-13(11-19)8-12-4-3-5-14(9-12)15-6-1-2-7-16(15)17(20)21/h1-9H,(H,20,21). The SMILES string of the molecule is N#CC(C#N)=Cc1cccc(-c2ccccc2C(=O)O)c1. The Bertz CT molecular complexity index is 792. The molecule has 2 aromatic rings. The summed E-state index contributed by atoms with van der Waals surface area (Å²) in [4.78, 5) is 11.3. The average molecular weight is 274 g/mol. The number of rotatable bonds is 3. The van der Waals surface area contributed by atoms with Crippen molar-refractivity contribution in [1.82, 2.24) is 0 Å². The van der Waals surface area contributed by atoms with Crippen LogP contribution in [-0.4, -0.2) is 11.1 Å². The Labute approximate surface area is 121 Å². The Balaban J connectivity index is 2.54. The van der Waals surface area contributed by atoms with Crippen LogP contribution < -0.4 is 0 Å². The van der Waals surface area contributed by atoms with Crippen LogP contribution in [0.25, 0.3) is 17.2 Å². The van der Waals surface area contributed by atoms with Gasteiger partial charge < -0.3 is 5.11 Å². The van der Waals surface area contributed by atoms with Crippen LogP contribution in [0.4, 0.5) is 0 Å². The monoisotopic (exact) mass is 274 g/mol. The summed E-state index contributed by atoms with van der Waals surface area (Å²) >= 11 is 0. The Morgan fingerprint density at radius 2 is 1.76 bits per heavy atom. The van der Waals surface area contributed by atoms with E-state index in [1.165, 1.54) is 12.1 Å². The third kappa shape index (κ3) is 3.15. The number of nitriles is 2. The van der Waals surface area contributed by atoms with Crippen LogP contribution in [0.3, 0.4) is 0 Å². The van der Waals surface area contributed by atoms with E-state index >= 15 is 0 Å². The zero-order valence-corrected chi connectivity index (χ0v) is 10.9. The van der Waals surface area contributed by atoms with Crippen LogP contribution in [0.15, 0.2) is 54.1 Å². The minimum atomic E-state index is -0.999. The zero-order chi connectivity index (χ0) is 15.2. The Hall–Kier alpha value is -3.37. The van der Waals surface area contributed by atoms with Crippen molar-refractivity contribution in [2.75, 3.05) is 0 Å². The molecule has 2 rings (SSSR count). The zero-order valence-electron chi connectivity index (χ0n) is 10.9. The highest BCUT2D eigenvalue weighted by atomic mass is 16.4. The fraction of sp³-hybridized carbons (Fsp3) is 0. The quantitative estimate of drug-likeness (QED) is 0.868. The van der Waals surface area contributed by atoms with Gasteiger partial charge in [-0.05, 0) is 34.9 Å². The smallest absolute Gasteiger partial charge is 0.336 e. The van der Waals surface area contributed by atoms with Gasteiger partial charge in [-0.15, -0.1) is 0 Å². The highest BCUT2D eigenvalue weighted by molar-refractivity contribution is 5.96. The lowest BCUT2D eigenvalue weighted by Crippen LogP contribution is -1.99. The second-order valence-electron chi connectivity index (χ2n) is 4.26. The number of hydrogen-bond donors (Lipinski definition) is 1. The first-order valence-corrected chi connectivity index (χ1v) is 6.10. The summed E-state index contributed by atoms with van der Waals surface area (Å²) in [6.45, 7) is 0. The van der Waals surface area contributed by atoms with Crippen molar-refractivity contribution in [3.63, 3.8) is 0 Å². The first kappa shape index (κ1) is 14.0. The summed E-state index contributed by atoms with van der Waals surface area (Å²) in [5, 5.41) is 26.8. The molecule has 0 saturated heterocycles. The molecule has 0 saturated carbocycles. The molecule has 0 bridgehead atoms. The normalized spacial score (nSPS) is 9.24. The molecule has 0 spiro atoms. The molecule has 0 aliphatic carbocycles. The van der Waals surface area contributed by atoms with Crippen molar-refractivity contribution in [1.29, 1.82) is 10.5 Å². The largest absolute Gasteiger partial charge is 0.478 e. The lowest BCUT2D eigenvalue weighted by Gasteiger charge is -2.07. The maximum Gasteiger partial charge on any atom is 0.336 e. The third-order valence-electron chi connectivity index (χ3n) is 2.91. The van der Waals surface area contributed by atoms with Gasteiger partial charge in [-0.25, -0.2) is 4.79 Å². The first-order valence-electron chi connectivity index (χ1n) is 6.10. The molecule has 0 fully saturated rings. The fourth-order valence-corrected chi connectivity index (χ4v) is 1.97. The molecule has 0 atom stereocenters. The van der Waals surface area contributed by atoms with E-state index in [0.29, 0.717) is 11.1 Å². The van der Waals surface area contributed by atoms with Crippen molar-refractivity contribution in [3.05, 3.63) is 65.2 Å².